The van der Waals surface area contributed by atoms with Gasteiger partial charge in [0.15, 0.2) is 5.82 Å². The molecule has 1 aromatic carbocycles. The predicted octanol–water partition coefficient (Wildman–Crippen LogP) is 1.93. The zero-order valence-electron chi connectivity index (χ0n) is 14.2. The molecule has 0 unspecified atom stereocenters. The Bertz CT molecular complexity index is 962. The highest BCUT2D eigenvalue weighted by atomic mass is 32.2. The number of hydrogen-bond acceptors (Lipinski definition) is 6. The molecule has 0 saturated carbocycles. The summed E-state index contributed by atoms with van der Waals surface area (Å²) in [4.78, 5) is -0.0147. The van der Waals surface area contributed by atoms with Gasteiger partial charge in [-0.25, -0.2) is 8.42 Å². The van der Waals surface area contributed by atoms with Crippen LogP contribution in [-0.2, 0) is 20.2 Å². The Morgan fingerprint density at radius 3 is 2.23 bits per heavy atom. The lowest BCUT2D eigenvalue weighted by Gasteiger charge is -2.26. The van der Waals surface area contributed by atoms with E-state index in [-0.39, 0.29) is 10.7 Å². The van der Waals surface area contributed by atoms with E-state index in [0.717, 1.165) is 19.3 Å². The van der Waals surface area contributed by atoms with Crippen LogP contribution in [0.2, 0.25) is 0 Å². The van der Waals surface area contributed by atoms with Crippen LogP contribution >= 0.6 is 0 Å². The van der Waals surface area contributed by atoms with E-state index in [1.165, 1.54) is 34.6 Å². The standard InChI is InChI=1S/C15H20N4O5S2/c1-12-11-15(16-24-12)18-25(20,21)14-7-5-13(6-8-14)17-26(22,23)19-9-3-2-4-10-19/h5-8,11,17H,2-4,9-10H2,1H3,(H,16,18). The predicted molar refractivity (Wildman–Crippen MR) is 96.5 cm³/mol. The van der Waals surface area contributed by atoms with Crippen LogP contribution < -0.4 is 9.44 Å². The molecule has 0 aliphatic carbocycles. The number of nitrogens with one attached hydrogen (secondary N) is 2. The number of aromatic nitrogens is 1. The Morgan fingerprint density at radius 1 is 1.00 bits per heavy atom. The first-order chi connectivity index (χ1) is 12.3. The Hall–Kier alpha value is -2.11. The van der Waals surface area contributed by atoms with Gasteiger partial charge in [-0.3, -0.25) is 9.44 Å². The minimum absolute atomic E-state index is 0.0147. The van der Waals surface area contributed by atoms with Crippen molar-refractivity contribution in [1.29, 1.82) is 0 Å². The Morgan fingerprint density at radius 2 is 1.65 bits per heavy atom. The molecule has 2 heterocycles. The molecule has 0 atom stereocenters. The largest absolute Gasteiger partial charge is 0.360 e. The zero-order chi connectivity index (χ0) is 18.8. The van der Waals surface area contributed by atoms with Crippen LogP contribution in [0.4, 0.5) is 11.5 Å². The molecule has 1 aliphatic heterocycles. The molecule has 0 radical (unpaired) electrons. The lowest BCUT2D eigenvalue weighted by atomic mass is 10.2. The average molecular weight is 400 g/mol. The average Bonchev–Trinajstić information content (AvgIpc) is 3.00. The van der Waals surface area contributed by atoms with Gasteiger partial charge in [0, 0.05) is 24.8 Å². The third-order valence-electron chi connectivity index (χ3n) is 3.93. The van der Waals surface area contributed by atoms with Crippen molar-refractivity contribution in [2.45, 2.75) is 31.1 Å². The molecule has 0 spiro atoms. The fourth-order valence-corrected chi connectivity index (χ4v) is 4.92. The molecule has 11 heteroatoms. The summed E-state index contributed by atoms with van der Waals surface area (Å²) in [5.74, 6) is 0.558. The van der Waals surface area contributed by atoms with Gasteiger partial charge in [0.1, 0.15) is 5.76 Å². The molecule has 0 bridgehead atoms. The number of nitrogens with zero attached hydrogens (tertiary/aromatic N) is 2. The molecule has 1 aromatic heterocycles. The molecule has 0 amide bonds. The highest BCUT2D eigenvalue weighted by Crippen LogP contribution is 2.20. The number of rotatable bonds is 6. The molecule has 9 nitrogen and oxygen atoms in total. The van der Waals surface area contributed by atoms with Gasteiger partial charge in [-0.05, 0) is 44.0 Å². The number of piperidine rings is 1. The summed E-state index contributed by atoms with van der Waals surface area (Å²) in [5.41, 5.74) is 0.298. The second-order valence-corrected chi connectivity index (χ2v) is 9.37. The minimum atomic E-state index is -3.84. The summed E-state index contributed by atoms with van der Waals surface area (Å²) in [6.45, 7) is 2.62. The van der Waals surface area contributed by atoms with Crippen molar-refractivity contribution < 1.29 is 21.4 Å². The topological polar surface area (TPSA) is 122 Å². The van der Waals surface area contributed by atoms with E-state index in [0.29, 0.717) is 24.5 Å². The maximum Gasteiger partial charge on any atom is 0.301 e. The van der Waals surface area contributed by atoms with Crippen molar-refractivity contribution in [3.05, 3.63) is 36.1 Å². The van der Waals surface area contributed by atoms with Gasteiger partial charge in [0.2, 0.25) is 0 Å². The summed E-state index contributed by atoms with van der Waals surface area (Å²) in [5, 5.41) is 3.58. The van der Waals surface area contributed by atoms with Crippen LogP contribution in [0.25, 0.3) is 0 Å². The fourth-order valence-electron chi connectivity index (χ4n) is 2.63. The summed E-state index contributed by atoms with van der Waals surface area (Å²) in [7, 11) is -7.48. The first-order valence-electron chi connectivity index (χ1n) is 8.10. The molecule has 142 valence electrons. The highest BCUT2D eigenvalue weighted by Gasteiger charge is 2.24. The molecular weight excluding hydrogens is 380 g/mol. The molecule has 2 N–H and O–H groups in total. The van der Waals surface area contributed by atoms with Crippen molar-refractivity contribution in [1.82, 2.24) is 9.46 Å². The molecule has 1 fully saturated rings. The number of benzene rings is 1. The molecule has 1 saturated heterocycles. The minimum Gasteiger partial charge on any atom is -0.360 e. The van der Waals surface area contributed by atoms with Crippen LogP contribution in [0.5, 0.6) is 0 Å². The third kappa shape index (κ3) is 4.34. The lowest BCUT2D eigenvalue weighted by Crippen LogP contribution is -2.39. The quantitative estimate of drug-likeness (QED) is 0.764. The highest BCUT2D eigenvalue weighted by molar-refractivity contribution is 7.92. The maximum absolute atomic E-state index is 12.3. The number of anilines is 2. The smallest absolute Gasteiger partial charge is 0.301 e. The van der Waals surface area contributed by atoms with Gasteiger partial charge in [0.05, 0.1) is 4.90 Å². The molecule has 26 heavy (non-hydrogen) atoms. The van der Waals surface area contributed by atoms with Gasteiger partial charge >= 0.3 is 10.2 Å². The van der Waals surface area contributed by atoms with Gasteiger partial charge in [-0.1, -0.05) is 11.6 Å². The third-order valence-corrected chi connectivity index (χ3v) is 6.84. The van der Waals surface area contributed by atoms with Gasteiger partial charge < -0.3 is 4.52 Å². The van der Waals surface area contributed by atoms with Crippen molar-refractivity contribution >= 4 is 31.7 Å². The number of sulfonamides is 1. The summed E-state index contributed by atoms with van der Waals surface area (Å²) in [6.07, 6.45) is 2.70. The van der Waals surface area contributed by atoms with Crippen LogP contribution in [0.1, 0.15) is 25.0 Å². The van der Waals surface area contributed by atoms with Crippen molar-refractivity contribution in [3.63, 3.8) is 0 Å². The fraction of sp³-hybridized carbons (Fsp3) is 0.400. The van der Waals surface area contributed by atoms with E-state index in [9.17, 15) is 16.8 Å². The Kier molecular flexibility index (Phi) is 5.21. The van der Waals surface area contributed by atoms with E-state index < -0.39 is 20.2 Å². The van der Waals surface area contributed by atoms with Crippen LogP contribution in [-0.4, -0.2) is 39.4 Å². The number of aryl methyl sites for hydroxylation is 1. The van der Waals surface area contributed by atoms with Gasteiger partial charge in [-0.2, -0.15) is 12.7 Å². The summed E-state index contributed by atoms with van der Waals surface area (Å²) >= 11 is 0. The van der Waals surface area contributed by atoms with E-state index in [1.807, 2.05) is 0 Å². The summed E-state index contributed by atoms with van der Waals surface area (Å²) in [6, 6.07) is 6.92. The number of hydrogen-bond donors (Lipinski definition) is 2. The van der Waals surface area contributed by atoms with E-state index in [2.05, 4.69) is 14.6 Å². The second kappa shape index (κ2) is 7.25. The molecule has 3 rings (SSSR count). The maximum atomic E-state index is 12.3. The molecule has 1 aliphatic rings. The first kappa shape index (κ1) is 18.7. The van der Waals surface area contributed by atoms with Crippen LogP contribution in [0, 0.1) is 6.92 Å². The first-order valence-corrected chi connectivity index (χ1v) is 11.0. The zero-order valence-corrected chi connectivity index (χ0v) is 15.8. The second-order valence-electron chi connectivity index (χ2n) is 6.02. The van der Waals surface area contributed by atoms with Crippen LogP contribution in [0.3, 0.4) is 0 Å². The molecular formula is C15H20N4O5S2. The Balaban J connectivity index is 1.71. The van der Waals surface area contributed by atoms with Crippen molar-refractivity contribution in [3.8, 4) is 0 Å². The Labute approximate surface area is 152 Å². The van der Waals surface area contributed by atoms with Gasteiger partial charge in [0.25, 0.3) is 10.0 Å². The van der Waals surface area contributed by atoms with Gasteiger partial charge in [-0.15, -0.1) is 0 Å². The summed E-state index contributed by atoms with van der Waals surface area (Å²) < 4.78 is 60.3. The SMILES string of the molecule is Cc1cc(NS(=O)(=O)c2ccc(NS(=O)(=O)N3CCCCC3)cc2)no1. The normalized spacial score (nSPS) is 16.3. The monoisotopic (exact) mass is 400 g/mol. The lowest BCUT2D eigenvalue weighted by molar-refractivity contribution is 0.349. The van der Waals surface area contributed by atoms with Crippen LogP contribution in [0.15, 0.2) is 39.8 Å². The van der Waals surface area contributed by atoms with E-state index >= 15 is 0 Å². The molecule has 2 aromatic rings. The van der Waals surface area contributed by atoms with E-state index in [1.54, 1.807) is 6.92 Å². The van der Waals surface area contributed by atoms with E-state index in [4.69, 9.17) is 4.52 Å². The van der Waals surface area contributed by atoms with Crippen molar-refractivity contribution in [2.24, 2.45) is 0 Å². The van der Waals surface area contributed by atoms with Crippen molar-refractivity contribution in [2.75, 3.05) is 22.5 Å².